The molecule has 2 aromatic heterocycles. The number of nitrogen functional groups attached to an aromatic ring is 1. The molecule has 23 nitrogen and oxygen atoms in total. The number of amides is 5. The number of nitrogens with two attached hydrogens (primary N) is 2. The van der Waals surface area contributed by atoms with Gasteiger partial charge in [-0.05, 0) is 44.4 Å². The summed E-state index contributed by atoms with van der Waals surface area (Å²) in [7, 11) is 0. The Morgan fingerprint density at radius 2 is 1.49 bits per heavy atom. The van der Waals surface area contributed by atoms with Crippen molar-refractivity contribution in [1.29, 1.82) is 0 Å². The number of aromatic nitrogens is 4. The number of halogens is 1. The summed E-state index contributed by atoms with van der Waals surface area (Å²) in [6.45, 7) is 8.94. The summed E-state index contributed by atoms with van der Waals surface area (Å²) >= 11 is 8.00. The molecule has 4 saturated heterocycles. The lowest BCUT2D eigenvalue weighted by Gasteiger charge is -2.41. The first-order chi connectivity index (χ1) is 36.8. The van der Waals surface area contributed by atoms with Gasteiger partial charge in [0.25, 0.3) is 11.5 Å². The van der Waals surface area contributed by atoms with E-state index in [-0.39, 0.29) is 85.7 Å². The van der Waals surface area contributed by atoms with Gasteiger partial charge in [0.05, 0.1) is 100 Å². The SMILES string of the molecule is C[C@@H]1OCC2(CCN(c3cnc(Sc4cccc(NC(=O)CCC(=O)N5CCN(C(=O)CCOCCOCCOCCOCCNc6cccc7cnn(C8CCC(=O)NC8=O)c(=O)c67)CC5)c4Cl)c(N)n3)CC2)[C@@H]1N. The summed E-state index contributed by atoms with van der Waals surface area (Å²) < 4.78 is 29.4. The topological polar surface area (TPSA) is 290 Å². The van der Waals surface area contributed by atoms with Gasteiger partial charge in [-0.15, -0.1) is 0 Å². The highest BCUT2D eigenvalue weighted by Gasteiger charge is 2.47. The van der Waals surface area contributed by atoms with E-state index in [1.165, 1.54) is 18.0 Å². The number of anilines is 4. The second-order valence-corrected chi connectivity index (χ2v) is 20.5. The average molecular weight is 1090 g/mol. The predicted molar refractivity (Wildman–Crippen MR) is 284 cm³/mol. The van der Waals surface area contributed by atoms with Crippen molar-refractivity contribution in [2.45, 2.75) is 80.0 Å². The number of carbonyl (C=O) groups is 5. The molecule has 76 heavy (non-hydrogen) atoms. The number of hydrogen-bond acceptors (Lipinski definition) is 19. The van der Waals surface area contributed by atoms with Gasteiger partial charge >= 0.3 is 0 Å². The maximum atomic E-state index is 13.4. The molecule has 4 aromatic rings. The Morgan fingerprint density at radius 3 is 2.14 bits per heavy atom. The molecule has 5 amide bonds. The van der Waals surface area contributed by atoms with E-state index in [4.69, 9.17) is 46.8 Å². The van der Waals surface area contributed by atoms with Crippen LogP contribution in [0.2, 0.25) is 5.02 Å². The van der Waals surface area contributed by atoms with E-state index in [9.17, 15) is 28.8 Å². The number of fused-ring (bicyclic) bond motifs is 1. The van der Waals surface area contributed by atoms with Crippen LogP contribution in [0.1, 0.15) is 57.9 Å². The van der Waals surface area contributed by atoms with E-state index in [0.717, 1.165) is 30.6 Å². The second kappa shape index (κ2) is 26.9. The van der Waals surface area contributed by atoms with Gasteiger partial charge in [0.1, 0.15) is 16.9 Å². The standard InChI is InChI=1S/C51H67ClN12O11S/c1-33-46(53)51(32-75-33)13-16-61(17-14-51)39-31-56-49(47(54)59-39)76-38-7-3-6-36(45(38)52)58-40(65)10-11-42(67)62-18-20-63(21-19-62)43(68)12-22-71-24-26-73-28-29-74-27-25-72-23-15-55-35-5-2-4-34-30-57-64(50(70)44(34)35)37-8-9-41(66)60-48(37)69/h2-7,30-31,33,37,46,55H,8-29,32,53H2,1H3,(H2,54,59)(H,58,65)(H,60,66,69)/t33-,37?,46+/m0/s1. The van der Waals surface area contributed by atoms with Crippen LogP contribution >= 0.6 is 23.4 Å². The summed E-state index contributed by atoms with van der Waals surface area (Å²) in [5.74, 6) is -0.516. The number of nitrogens with one attached hydrogen (secondary N) is 3. The predicted octanol–water partition coefficient (Wildman–Crippen LogP) is 2.84. The minimum atomic E-state index is -0.851. The minimum absolute atomic E-state index is 0.00924. The Hall–Kier alpha value is -5.99. The number of ether oxygens (including phenoxy) is 5. The molecular weight excluding hydrogens is 1020 g/mol. The van der Waals surface area contributed by atoms with Crippen molar-refractivity contribution in [2.75, 3.05) is 127 Å². The van der Waals surface area contributed by atoms with Gasteiger partial charge in [0.2, 0.25) is 23.6 Å². The van der Waals surface area contributed by atoms with Crippen LogP contribution in [0.25, 0.3) is 10.8 Å². The number of piperidine rings is 2. The van der Waals surface area contributed by atoms with Gasteiger partial charge in [-0.2, -0.15) is 5.10 Å². The van der Waals surface area contributed by atoms with Crippen LogP contribution in [0.5, 0.6) is 0 Å². The summed E-state index contributed by atoms with van der Waals surface area (Å²) in [5, 5.41) is 14.3. The Bertz CT molecular complexity index is 2760. The number of benzene rings is 2. The summed E-state index contributed by atoms with van der Waals surface area (Å²) in [5.41, 5.74) is 13.4. The zero-order valence-electron chi connectivity index (χ0n) is 42.7. The molecule has 1 spiro atoms. The van der Waals surface area contributed by atoms with Crippen LogP contribution in [-0.4, -0.2) is 177 Å². The molecule has 0 saturated carbocycles. The molecule has 4 aliphatic rings. The molecule has 4 fully saturated rings. The number of piperazine rings is 1. The molecule has 3 atom stereocenters. The quantitative estimate of drug-likeness (QED) is 0.0498. The minimum Gasteiger partial charge on any atom is -0.382 e. The molecule has 25 heteroatoms. The van der Waals surface area contributed by atoms with Crippen LogP contribution in [-0.2, 0) is 47.7 Å². The maximum absolute atomic E-state index is 13.4. The van der Waals surface area contributed by atoms with Crippen molar-refractivity contribution < 1.29 is 47.7 Å². The van der Waals surface area contributed by atoms with E-state index in [1.54, 1.807) is 46.3 Å². The average Bonchev–Trinajstić information content (AvgIpc) is 3.70. The third-order valence-corrected chi connectivity index (χ3v) is 15.7. The van der Waals surface area contributed by atoms with Crippen LogP contribution in [0, 0.1) is 5.41 Å². The van der Waals surface area contributed by atoms with E-state index >= 15 is 0 Å². The maximum Gasteiger partial charge on any atom is 0.277 e. The van der Waals surface area contributed by atoms with E-state index in [0.29, 0.717) is 128 Å². The lowest BCUT2D eigenvalue weighted by Crippen LogP contribution is -2.50. The fourth-order valence-electron chi connectivity index (χ4n) is 9.68. The first kappa shape index (κ1) is 56.2. The molecule has 4 aliphatic heterocycles. The van der Waals surface area contributed by atoms with Crippen molar-refractivity contribution in [3.05, 3.63) is 64.2 Å². The Morgan fingerprint density at radius 1 is 0.842 bits per heavy atom. The van der Waals surface area contributed by atoms with E-state index < -0.39 is 17.5 Å². The van der Waals surface area contributed by atoms with Gasteiger partial charge < -0.3 is 60.5 Å². The number of carbonyl (C=O) groups excluding carboxylic acids is 5. The summed E-state index contributed by atoms with van der Waals surface area (Å²) in [4.78, 5) is 91.7. The van der Waals surface area contributed by atoms with Gasteiger partial charge in [0, 0.05) is 92.5 Å². The molecular formula is C51H67ClN12O11S. The largest absolute Gasteiger partial charge is 0.382 e. The Labute approximate surface area is 449 Å². The van der Waals surface area contributed by atoms with Crippen molar-refractivity contribution in [2.24, 2.45) is 11.1 Å². The molecule has 6 heterocycles. The number of hydrogen-bond donors (Lipinski definition) is 5. The second-order valence-electron chi connectivity index (χ2n) is 19.1. The zero-order chi connectivity index (χ0) is 53.6. The fraction of sp³-hybridized carbons (Fsp3) is 0.549. The Balaban J connectivity index is 0.629. The summed E-state index contributed by atoms with van der Waals surface area (Å²) in [6, 6.07) is 9.78. The molecule has 410 valence electrons. The van der Waals surface area contributed by atoms with Crippen molar-refractivity contribution in [1.82, 2.24) is 34.9 Å². The van der Waals surface area contributed by atoms with Crippen LogP contribution in [0.4, 0.5) is 23.0 Å². The van der Waals surface area contributed by atoms with Crippen molar-refractivity contribution >= 4 is 86.7 Å². The van der Waals surface area contributed by atoms with Crippen molar-refractivity contribution in [3.63, 3.8) is 0 Å². The van der Waals surface area contributed by atoms with E-state index in [2.05, 4.69) is 35.9 Å². The number of rotatable bonds is 24. The van der Waals surface area contributed by atoms with Gasteiger partial charge in [-0.1, -0.05) is 41.6 Å². The van der Waals surface area contributed by atoms with Crippen molar-refractivity contribution in [3.8, 4) is 0 Å². The van der Waals surface area contributed by atoms with Crippen LogP contribution in [0.3, 0.4) is 0 Å². The fourth-order valence-corrected chi connectivity index (χ4v) is 10.8. The summed E-state index contributed by atoms with van der Waals surface area (Å²) in [6.07, 6.45) is 5.63. The first-order valence-corrected chi connectivity index (χ1v) is 26.9. The highest BCUT2D eigenvalue weighted by Crippen LogP contribution is 2.43. The monoisotopic (exact) mass is 1090 g/mol. The Kier molecular flexibility index (Phi) is 19.9. The van der Waals surface area contributed by atoms with Gasteiger partial charge in [0.15, 0.2) is 5.82 Å². The van der Waals surface area contributed by atoms with Gasteiger partial charge in [-0.25, -0.2) is 14.6 Å². The van der Waals surface area contributed by atoms with Crippen LogP contribution in [0.15, 0.2) is 63.5 Å². The lowest BCUT2D eigenvalue weighted by molar-refractivity contribution is -0.140. The highest BCUT2D eigenvalue weighted by atomic mass is 35.5. The highest BCUT2D eigenvalue weighted by molar-refractivity contribution is 7.99. The normalized spacial score (nSPS) is 19.6. The molecule has 1 unspecified atom stereocenters. The molecule has 0 aliphatic carbocycles. The third kappa shape index (κ3) is 14.3. The molecule has 0 radical (unpaired) electrons. The molecule has 2 aromatic carbocycles. The molecule has 7 N–H and O–H groups in total. The lowest BCUT2D eigenvalue weighted by atomic mass is 9.73. The zero-order valence-corrected chi connectivity index (χ0v) is 44.2. The first-order valence-electron chi connectivity index (χ1n) is 25.8. The van der Waals surface area contributed by atoms with Crippen LogP contribution < -0.4 is 37.9 Å². The molecule has 8 rings (SSSR count). The third-order valence-electron chi connectivity index (χ3n) is 14.2. The van der Waals surface area contributed by atoms with Gasteiger partial charge in [-0.3, -0.25) is 34.1 Å². The molecule has 0 bridgehead atoms. The number of nitrogens with zero attached hydrogens (tertiary/aromatic N) is 7. The smallest absolute Gasteiger partial charge is 0.277 e. The van der Waals surface area contributed by atoms with E-state index in [1.807, 2.05) is 13.0 Å². The number of imide groups is 1.